The van der Waals surface area contributed by atoms with Crippen molar-refractivity contribution >= 4 is 12.2 Å². The molecule has 0 aliphatic heterocycles. The lowest BCUT2D eigenvalue weighted by molar-refractivity contribution is 0.0683. The molecular weight excluding hydrogens is 164 g/mol. The fourth-order valence-corrected chi connectivity index (χ4v) is 0.883. The normalized spacial score (nSPS) is 13.3. The Morgan fingerprint density at radius 1 is 1.82 bits per heavy atom. The second-order valence-corrected chi connectivity index (χ2v) is 2.41. The molecule has 1 rings (SSSR count). The van der Waals surface area contributed by atoms with Crippen LogP contribution in [0.3, 0.4) is 0 Å². The third-order valence-corrected chi connectivity index (χ3v) is 1.43. The van der Waals surface area contributed by atoms with Crippen LogP contribution in [-0.2, 0) is 4.74 Å². The number of aromatic amines is 1. The van der Waals surface area contributed by atoms with Crippen molar-refractivity contribution in [2.75, 3.05) is 6.61 Å². The largest absolute Gasteiger partial charge is 0.371 e. The molecule has 0 aliphatic rings. The predicted molar refractivity (Wildman–Crippen MR) is 41.7 cm³/mol. The van der Waals surface area contributed by atoms with Crippen LogP contribution in [0.15, 0.2) is 4.52 Å². The fourth-order valence-electron chi connectivity index (χ4n) is 0.743. The molecule has 4 nitrogen and oxygen atoms in total. The summed E-state index contributed by atoms with van der Waals surface area (Å²) in [4.78, 5) is 4.11. The van der Waals surface area contributed by atoms with E-state index in [0.717, 1.165) is 0 Å². The van der Waals surface area contributed by atoms with E-state index >= 15 is 0 Å². The maximum Gasteiger partial charge on any atom is 0.314 e. The Morgan fingerprint density at radius 3 is 3.00 bits per heavy atom. The summed E-state index contributed by atoms with van der Waals surface area (Å²) in [6.07, 6.45) is -0.0829. The van der Waals surface area contributed by atoms with Crippen LogP contribution in [0, 0.1) is 4.84 Å². The van der Waals surface area contributed by atoms with Gasteiger partial charge in [0.05, 0.1) is 0 Å². The highest BCUT2D eigenvalue weighted by atomic mass is 32.1. The smallest absolute Gasteiger partial charge is 0.314 e. The van der Waals surface area contributed by atoms with Crippen LogP contribution in [0.4, 0.5) is 0 Å². The van der Waals surface area contributed by atoms with Crippen LogP contribution in [-0.4, -0.2) is 16.7 Å². The molecule has 0 fully saturated rings. The molecular formula is C6H10N2O2S. The third-order valence-electron chi connectivity index (χ3n) is 1.26. The third kappa shape index (κ3) is 2.13. The van der Waals surface area contributed by atoms with E-state index in [1.54, 1.807) is 0 Å². The minimum atomic E-state index is -0.0829. The molecule has 1 aromatic heterocycles. The summed E-state index contributed by atoms with van der Waals surface area (Å²) in [5.41, 5.74) is 0. The van der Waals surface area contributed by atoms with Gasteiger partial charge in [0, 0.05) is 6.61 Å². The van der Waals surface area contributed by atoms with Crippen molar-refractivity contribution in [3.63, 3.8) is 0 Å². The Kier molecular flexibility index (Phi) is 2.78. The monoisotopic (exact) mass is 174 g/mol. The first-order chi connectivity index (χ1) is 5.24. The molecule has 0 bridgehead atoms. The second kappa shape index (κ2) is 3.64. The van der Waals surface area contributed by atoms with Gasteiger partial charge in [0.25, 0.3) is 0 Å². The summed E-state index contributed by atoms with van der Waals surface area (Å²) < 4.78 is 9.97. The standard InChI is InChI=1S/C6H10N2O2S/c1-3-9-4(2)5-7-6(11)10-8-5/h4H,3H2,1-2H3,(H,7,8,11). The van der Waals surface area contributed by atoms with E-state index in [0.29, 0.717) is 12.4 Å². The molecule has 1 atom stereocenters. The van der Waals surface area contributed by atoms with Crippen LogP contribution in [0.1, 0.15) is 25.8 Å². The van der Waals surface area contributed by atoms with Gasteiger partial charge in [-0.2, -0.15) is 4.98 Å². The molecule has 62 valence electrons. The van der Waals surface area contributed by atoms with Crippen LogP contribution >= 0.6 is 12.2 Å². The van der Waals surface area contributed by atoms with Crippen molar-refractivity contribution in [2.24, 2.45) is 0 Å². The second-order valence-electron chi connectivity index (χ2n) is 2.06. The Bertz CT molecular complexity index is 268. The molecule has 1 heterocycles. The van der Waals surface area contributed by atoms with Crippen molar-refractivity contribution in [1.29, 1.82) is 0 Å². The molecule has 1 unspecified atom stereocenters. The van der Waals surface area contributed by atoms with Gasteiger partial charge in [-0.05, 0) is 26.1 Å². The fraction of sp³-hybridized carbons (Fsp3) is 0.667. The zero-order chi connectivity index (χ0) is 8.27. The summed E-state index contributed by atoms with van der Waals surface area (Å²) >= 11 is 4.67. The summed E-state index contributed by atoms with van der Waals surface area (Å²) in [6.45, 7) is 4.45. The van der Waals surface area contributed by atoms with E-state index in [9.17, 15) is 0 Å². The minimum absolute atomic E-state index is 0.0829. The molecule has 0 aromatic carbocycles. The molecule has 11 heavy (non-hydrogen) atoms. The molecule has 0 spiro atoms. The topological polar surface area (TPSA) is 51.1 Å². The number of ether oxygens (including phenoxy) is 1. The average molecular weight is 174 g/mol. The number of hydrogen-bond donors (Lipinski definition) is 1. The predicted octanol–water partition coefficient (Wildman–Crippen LogP) is 1.83. The van der Waals surface area contributed by atoms with E-state index in [2.05, 4.69) is 22.4 Å². The first-order valence-corrected chi connectivity index (χ1v) is 3.82. The molecule has 0 radical (unpaired) electrons. The van der Waals surface area contributed by atoms with E-state index in [1.807, 2.05) is 13.8 Å². The SMILES string of the molecule is CCOC(C)c1nc(=S)o[nH]1. The Labute approximate surface area is 69.5 Å². The average Bonchev–Trinajstić information content (AvgIpc) is 2.36. The number of nitrogens with zero attached hydrogens (tertiary/aromatic N) is 1. The van der Waals surface area contributed by atoms with Crippen molar-refractivity contribution in [3.8, 4) is 0 Å². The van der Waals surface area contributed by atoms with E-state index in [-0.39, 0.29) is 10.9 Å². The van der Waals surface area contributed by atoms with E-state index in [4.69, 9.17) is 9.26 Å². The summed E-state index contributed by atoms with van der Waals surface area (Å²) in [5.74, 6) is 0.636. The molecule has 0 aliphatic carbocycles. The highest BCUT2D eigenvalue weighted by Crippen LogP contribution is 2.10. The summed E-state index contributed by atoms with van der Waals surface area (Å²) in [5, 5.41) is 2.57. The number of nitrogens with one attached hydrogen (secondary N) is 1. The lowest BCUT2D eigenvalue weighted by Crippen LogP contribution is -2.00. The lowest BCUT2D eigenvalue weighted by Gasteiger charge is -2.05. The molecule has 0 amide bonds. The van der Waals surface area contributed by atoms with Crippen LogP contribution in [0.2, 0.25) is 0 Å². The Morgan fingerprint density at radius 2 is 2.55 bits per heavy atom. The number of hydrogen-bond acceptors (Lipinski definition) is 4. The van der Waals surface area contributed by atoms with Gasteiger partial charge in [-0.3, -0.25) is 0 Å². The highest BCUT2D eigenvalue weighted by molar-refractivity contribution is 7.71. The van der Waals surface area contributed by atoms with Crippen LogP contribution in [0.5, 0.6) is 0 Å². The molecule has 1 N–H and O–H groups in total. The molecule has 5 heteroatoms. The van der Waals surface area contributed by atoms with Gasteiger partial charge in [0.1, 0.15) is 6.10 Å². The molecule has 1 aromatic rings. The lowest BCUT2D eigenvalue weighted by atomic mass is 10.4. The van der Waals surface area contributed by atoms with Gasteiger partial charge in [0.15, 0.2) is 5.82 Å². The Balaban J connectivity index is 2.68. The van der Waals surface area contributed by atoms with Gasteiger partial charge in [-0.25, -0.2) is 5.16 Å². The van der Waals surface area contributed by atoms with Gasteiger partial charge in [0.2, 0.25) is 0 Å². The van der Waals surface area contributed by atoms with Gasteiger partial charge in [-0.1, -0.05) is 0 Å². The summed E-state index contributed by atoms with van der Waals surface area (Å²) in [7, 11) is 0. The van der Waals surface area contributed by atoms with Gasteiger partial charge in [-0.15, -0.1) is 0 Å². The van der Waals surface area contributed by atoms with Crippen molar-refractivity contribution in [3.05, 3.63) is 10.7 Å². The number of H-pyrrole nitrogens is 1. The molecule has 0 saturated carbocycles. The zero-order valence-electron chi connectivity index (χ0n) is 6.46. The van der Waals surface area contributed by atoms with Gasteiger partial charge >= 0.3 is 4.84 Å². The molecule has 0 saturated heterocycles. The van der Waals surface area contributed by atoms with E-state index in [1.165, 1.54) is 0 Å². The highest BCUT2D eigenvalue weighted by Gasteiger charge is 2.07. The quantitative estimate of drug-likeness (QED) is 0.710. The first kappa shape index (κ1) is 8.42. The first-order valence-electron chi connectivity index (χ1n) is 3.41. The number of aromatic nitrogens is 2. The van der Waals surface area contributed by atoms with Crippen LogP contribution < -0.4 is 0 Å². The minimum Gasteiger partial charge on any atom is -0.371 e. The van der Waals surface area contributed by atoms with Crippen molar-refractivity contribution in [2.45, 2.75) is 20.0 Å². The van der Waals surface area contributed by atoms with E-state index < -0.39 is 0 Å². The maximum atomic E-state index is 5.24. The zero-order valence-corrected chi connectivity index (χ0v) is 7.27. The Hall–Kier alpha value is -0.680. The van der Waals surface area contributed by atoms with Crippen molar-refractivity contribution < 1.29 is 9.26 Å². The number of rotatable bonds is 3. The summed E-state index contributed by atoms with van der Waals surface area (Å²) in [6, 6.07) is 0. The maximum absolute atomic E-state index is 5.24. The van der Waals surface area contributed by atoms with Crippen molar-refractivity contribution in [1.82, 2.24) is 10.1 Å². The van der Waals surface area contributed by atoms with Crippen LogP contribution in [0.25, 0.3) is 0 Å². The van der Waals surface area contributed by atoms with Gasteiger partial charge < -0.3 is 9.26 Å².